The van der Waals surface area contributed by atoms with E-state index in [4.69, 9.17) is 16.9 Å². The number of hydrogen-bond donors (Lipinski definition) is 1. The number of aryl methyl sites for hydroxylation is 1. The largest absolute Gasteiger partial charge is 0.354 e. The van der Waals surface area contributed by atoms with Crippen molar-refractivity contribution in [2.75, 3.05) is 5.32 Å². The second-order valence-electron chi connectivity index (χ2n) is 3.90. The van der Waals surface area contributed by atoms with Crippen LogP contribution in [0.5, 0.6) is 0 Å². The third-order valence-corrected chi connectivity index (χ3v) is 3.72. The second-order valence-corrected chi connectivity index (χ2v) is 5.16. The number of hydrogen-bond acceptors (Lipinski definition) is 2. The average Bonchev–Trinajstić information content (AvgIpc) is 2.36. The summed E-state index contributed by atoms with van der Waals surface area (Å²) in [6.07, 6.45) is 0. The van der Waals surface area contributed by atoms with E-state index in [1.165, 1.54) is 5.56 Å². The van der Waals surface area contributed by atoms with Crippen LogP contribution in [0.15, 0.2) is 40.9 Å². The third-order valence-electron chi connectivity index (χ3n) is 2.55. The molecule has 2 aromatic carbocycles. The maximum Gasteiger partial charge on any atom is 0.0992 e. The first-order chi connectivity index (χ1) is 8.60. The van der Waals surface area contributed by atoms with E-state index in [1.54, 1.807) is 18.2 Å². The minimum atomic E-state index is 0.533. The summed E-state index contributed by atoms with van der Waals surface area (Å²) in [6.45, 7) is 2.03. The lowest BCUT2D eigenvalue weighted by molar-refractivity contribution is 1.41. The van der Waals surface area contributed by atoms with Crippen LogP contribution in [0.3, 0.4) is 0 Å². The number of rotatable bonds is 2. The molecule has 2 rings (SSSR count). The van der Waals surface area contributed by atoms with Crippen LogP contribution in [0.4, 0.5) is 11.4 Å². The van der Waals surface area contributed by atoms with Crippen LogP contribution in [-0.2, 0) is 0 Å². The van der Waals surface area contributed by atoms with Crippen molar-refractivity contribution in [3.05, 3.63) is 57.0 Å². The summed E-state index contributed by atoms with van der Waals surface area (Å²) in [7, 11) is 0. The minimum absolute atomic E-state index is 0.533. The first kappa shape index (κ1) is 12.9. The molecule has 0 atom stereocenters. The molecule has 0 saturated carbocycles. The molecule has 0 unspecified atom stereocenters. The summed E-state index contributed by atoms with van der Waals surface area (Å²) >= 11 is 9.59. The molecule has 90 valence electrons. The SMILES string of the molecule is Cc1ccc(Nc2ccc(C#N)cc2Cl)cc1Br. The van der Waals surface area contributed by atoms with Crippen LogP contribution in [0, 0.1) is 18.3 Å². The highest BCUT2D eigenvalue weighted by molar-refractivity contribution is 9.10. The summed E-state index contributed by atoms with van der Waals surface area (Å²) in [4.78, 5) is 0. The van der Waals surface area contributed by atoms with Crippen LogP contribution in [0.1, 0.15) is 11.1 Å². The van der Waals surface area contributed by atoms with Crippen LogP contribution in [0.25, 0.3) is 0 Å². The van der Waals surface area contributed by atoms with Crippen LogP contribution in [-0.4, -0.2) is 0 Å². The Morgan fingerprint density at radius 3 is 2.61 bits per heavy atom. The third kappa shape index (κ3) is 2.84. The molecule has 0 amide bonds. The highest BCUT2D eigenvalue weighted by atomic mass is 79.9. The Hall–Kier alpha value is -1.50. The molecular formula is C14H10BrClN2. The zero-order chi connectivity index (χ0) is 13.1. The molecule has 18 heavy (non-hydrogen) atoms. The van der Waals surface area contributed by atoms with E-state index in [0.29, 0.717) is 10.6 Å². The summed E-state index contributed by atoms with van der Waals surface area (Å²) in [6, 6.07) is 13.2. The molecule has 0 bridgehead atoms. The standard InChI is InChI=1S/C14H10BrClN2/c1-9-2-4-11(7-12(9)15)18-14-5-3-10(8-17)6-13(14)16/h2-7,18H,1H3. The van der Waals surface area contributed by atoms with Gasteiger partial charge in [-0.1, -0.05) is 33.6 Å². The number of nitrogens with zero attached hydrogens (tertiary/aromatic N) is 1. The Morgan fingerprint density at radius 2 is 2.00 bits per heavy atom. The van der Waals surface area contributed by atoms with E-state index in [9.17, 15) is 0 Å². The number of halogens is 2. The molecule has 0 saturated heterocycles. The van der Waals surface area contributed by atoms with E-state index in [1.807, 2.05) is 25.1 Å². The van der Waals surface area contributed by atoms with Gasteiger partial charge in [0.2, 0.25) is 0 Å². The monoisotopic (exact) mass is 320 g/mol. The zero-order valence-electron chi connectivity index (χ0n) is 9.67. The Kier molecular flexibility index (Phi) is 3.90. The van der Waals surface area contributed by atoms with Crippen molar-refractivity contribution in [2.45, 2.75) is 6.92 Å². The van der Waals surface area contributed by atoms with Gasteiger partial charge in [0.25, 0.3) is 0 Å². The Labute approximate surface area is 119 Å². The van der Waals surface area contributed by atoms with Crippen molar-refractivity contribution in [3.63, 3.8) is 0 Å². The van der Waals surface area contributed by atoms with E-state index < -0.39 is 0 Å². The van der Waals surface area contributed by atoms with Gasteiger partial charge in [-0.05, 0) is 42.8 Å². The molecule has 2 aromatic rings. The number of anilines is 2. The lowest BCUT2D eigenvalue weighted by atomic mass is 10.2. The van der Waals surface area contributed by atoms with Gasteiger partial charge in [-0.15, -0.1) is 0 Å². The predicted molar refractivity (Wildman–Crippen MR) is 78.3 cm³/mol. The van der Waals surface area contributed by atoms with Crippen molar-refractivity contribution >= 4 is 38.9 Å². The quantitative estimate of drug-likeness (QED) is 0.842. The molecule has 1 N–H and O–H groups in total. The lowest BCUT2D eigenvalue weighted by Gasteiger charge is -2.09. The lowest BCUT2D eigenvalue weighted by Crippen LogP contribution is -1.92. The van der Waals surface area contributed by atoms with Gasteiger partial charge in [-0.3, -0.25) is 0 Å². The van der Waals surface area contributed by atoms with Gasteiger partial charge in [0.15, 0.2) is 0 Å². The summed E-state index contributed by atoms with van der Waals surface area (Å²) in [5.74, 6) is 0. The summed E-state index contributed by atoms with van der Waals surface area (Å²) in [5, 5.41) is 12.5. The second kappa shape index (κ2) is 5.43. The van der Waals surface area contributed by atoms with Gasteiger partial charge in [0.05, 0.1) is 22.3 Å². The fourth-order valence-electron chi connectivity index (χ4n) is 1.51. The average molecular weight is 322 g/mol. The zero-order valence-corrected chi connectivity index (χ0v) is 12.0. The first-order valence-electron chi connectivity index (χ1n) is 5.33. The maximum atomic E-state index is 8.77. The number of nitrogens with one attached hydrogen (secondary N) is 1. The Balaban J connectivity index is 2.29. The predicted octanol–water partition coefficient (Wildman–Crippen LogP) is 5.03. The highest BCUT2D eigenvalue weighted by Crippen LogP contribution is 2.28. The van der Waals surface area contributed by atoms with Crippen LogP contribution in [0.2, 0.25) is 5.02 Å². The molecule has 0 aromatic heterocycles. The van der Waals surface area contributed by atoms with Gasteiger partial charge >= 0.3 is 0 Å². The van der Waals surface area contributed by atoms with Gasteiger partial charge in [-0.2, -0.15) is 5.26 Å². The summed E-state index contributed by atoms with van der Waals surface area (Å²) in [5.41, 5.74) is 3.45. The molecular weight excluding hydrogens is 312 g/mol. The van der Waals surface area contributed by atoms with Gasteiger partial charge in [0, 0.05) is 10.2 Å². The van der Waals surface area contributed by atoms with Crippen molar-refractivity contribution in [3.8, 4) is 6.07 Å². The van der Waals surface area contributed by atoms with E-state index in [-0.39, 0.29) is 0 Å². The van der Waals surface area contributed by atoms with Crippen LogP contribution < -0.4 is 5.32 Å². The van der Waals surface area contributed by atoms with Crippen molar-refractivity contribution in [1.29, 1.82) is 5.26 Å². The van der Waals surface area contributed by atoms with E-state index in [2.05, 4.69) is 27.3 Å². The number of benzene rings is 2. The van der Waals surface area contributed by atoms with Gasteiger partial charge in [-0.25, -0.2) is 0 Å². The molecule has 0 aliphatic carbocycles. The first-order valence-corrected chi connectivity index (χ1v) is 6.50. The van der Waals surface area contributed by atoms with Crippen molar-refractivity contribution in [1.82, 2.24) is 0 Å². The molecule has 0 aliphatic rings. The molecule has 4 heteroatoms. The molecule has 0 spiro atoms. The minimum Gasteiger partial charge on any atom is -0.354 e. The highest BCUT2D eigenvalue weighted by Gasteiger charge is 2.03. The van der Waals surface area contributed by atoms with Gasteiger partial charge in [0.1, 0.15) is 0 Å². The van der Waals surface area contributed by atoms with Crippen molar-refractivity contribution < 1.29 is 0 Å². The van der Waals surface area contributed by atoms with E-state index >= 15 is 0 Å². The molecule has 2 nitrogen and oxygen atoms in total. The Bertz CT molecular complexity index is 632. The maximum absolute atomic E-state index is 8.77. The normalized spacial score (nSPS) is 9.89. The van der Waals surface area contributed by atoms with E-state index in [0.717, 1.165) is 15.8 Å². The smallest absolute Gasteiger partial charge is 0.0992 e. The molecule has 0 heterocycles. The number of nitriles is 1. The topological polar surface area (TPSA) is 35.8 Å². The molecule has 0 radical (unpaired) electrons. The summed E-state index contributed by atoms with van der Waals surface area (Å²) < 4.78 is 1.04. The fraction of sp³-hybridized carbons (Fsp3) is 0.0714. The van der Waals surface area contributed by atoms with Crippen molar-refractivity contribution in [2.24, 2.45) is 0 Å². The molecule has 0 fully saturated rings. The van der Waals surface area contributed by atoms with Crippen LogP contribution >= 0.6 is 27.5 Å². The fourth-order valence-corrected chi connectivity index (χ4v) is 2.12. The van der Waals surface area contributed by atoms with Gasteiger partial charge < -0.3 is 5.32 Å². The Morgan fingerprint density at radius 1 is 1.22 bits per heavy atom. The molecule has 0 aliphatic heterocycles.